The van der Waals surface area contributed by atoms with Gasteiger partial charge >= 0.3 is 23.2 Å². The summed E-state index contributed by atoms with van der Waals surface area (Å²) in [5.74, 6) is -0.0220. The topological polar surface area (TPSA) is 124 Å². The molecule has 0 bridgehead atoms. The van der Waals surface area contributed by atoms with Crippen molar-refractivity contribution in [2.24, 2.45) is 5.73 Å². The molecule has 0 aliphatic heterocycles. The summed E-state index contributed by atoms with van der Waals surface area (Å²) in [6, 6.07) is 17.7. The predicted molar refractivity (Wildman–Crippen MR) is 99.0 cm³/mol. The van der Waals surface area contributed by atoms with Crippen LogP contribution >= 0.6 is 0 Å². The molecule has 1 radical (unpaired) electrons. The number of carbonyl (C=O) groups is 1. The molecule has 1 amide bonds. The van der Waals surface area contributed by atoms with Crippen molar-refractivity contribution in [1.29, 1.82) is 0 Å². The van der Waals surface area contributed by atoms with Crippen molar-refractivity contribution in [2.75, 3.05) is 7.11 Å². The van der Waals surface area contributed by atoms with Crippen LogP contribution in [-0.4, -0.2) is 23.2 Å². The van der Waals surface area contributed by atoms with Crippen LogP contribution in [0.25, 0.3) is 21.8 Å². The van der Waals surface area contributed by atoms with Crippen LogP contribution < -0.4 is 15.9 Å². The Hall–Kier alpha value is -3.35. The monoisotopic (exact) mass is 426 g/mol. The molecule has 0 unspecified atom stereocenters. The molecule has 4 rings (SSSR count). The van der Waals surface area contributed by atoms with Crippen molar-refractivity contribution < 1.29 is 36.8 Å². The molecule has 147 valence electrons. The fraction of sp³-hybridized carbons (Fsp3) is 0.0500. The Balaban J connectivity index is 0.000000222. The molecule has 2 aromatic heterocycles. The molecule has 0 aliphatic rings. The number of amides is 1. The number of carbonyl (C=O) groups excluding carboxylic acids is 1. The normalized spacial score (nSPS) is 9.18. The zero-order valence-corrected chi connectivity index (χ0v) is 15.8. The molecule has 2 N–H and O–H groups in total. The van der Waals surface area contributed by atoms with E-state index in [9.17, 15) is 15.0 Å². The minimum atomic E-state index is -0.745. The molecule has 0 aliphatic carbocycles. The standard InChI is InChI=1S/2C9H7NO.C2H5NO2.Cu/c2*11-8-5-1-3-7-4-2-6-10-9(7)8;1-5-2(3)4;/h2*1-6,11H;1H3,(H2,3,4);/q;;;+2/p-2. The Morgan fingerprint density at radius 3 is 1.50 bits per heavy atom. The van der Waals surface area contributed by atoms with Crippen LogP contribution in [0.4, 0.5) is 4.79 Å². The first-order valence-electron chi connectivity index (χ1n) is 7.88. The summed E-state index contributed by atoms with van der Waals surface area (Å²) in [4.78, 5) is 17.3. The maximum atomic E-state index is 11.1. The van der Waals surface area contributed by atoms with E-state index in [0.29, 0.717) is 11.0 Å². The number of aromatic nitrogens is 2. The van der Waals surface area contributed by atoms with Crippen molar-refractivity contribution in [2.45, 2.75) is 0 Å². The van der Waals surface area contributed by atoms with Crippen molar-refractivity contribution in [3.05, 3.63) is 73.1 Å². The Kier molecular flexibility index (Phi) is 9.22. The average Bonchev–Trinajstić information content (AvgIpc) is 2.70. The van der Waals surface area contributed by atoms with Gasteiger partial charge in [0.15, 0.2) is 0 Å². The fourth-order valence-electron chi connectivity index (χ4n) is 2.15. The van der Waals surface area contributed by atoms with Gasteiger partial charge in [-0.2, -0.15) is 0 Å². The molecular formula is C20H17CuN3O4. The van der Waals surface area contributed by atoms with Gasteiger partial charge in [-0.3, -0.25) is 9.97 Å². The van der Waals surface area contributed by atoms with Gasteiger partial charge in [-0.05, 0) is 22.9 Å². The van der Waals surface area contributed by atoms with Gasteiger partial charge in [-0.15, -0.1) is 0 Å². The molecule has 0 saturated carbocycles. The summed E-state index contributed by atoms with van der Waals surface area (Å²) in [6.45, 7) is 0. The summed E-state index contributed by atoms with van der Waals surface area (Å²) in [7, 11) is 1.22. The molecule has 2 aromatic carbocycles. The van der Waals surface area contributed by atoms with Gasteiger partial charge in [0, 0.05) is 12.4 Å². The van der Waals surface area contributed by atoms with Gasteiger partial charge in [0.05, 0.1) is 18.1 Å². The van der Waals surface area contributed by atoms with E-state index in [2.05, 4.69) is 20.4 Å². The number of hydrogen-bond acceptors (Lipinski definition) is 6. The Morgan fingerprint density at radius 1 is 0.821 bits per heavy atom. The Morgan fingerprint density at radius 2 is 1.18 bits per heavy atom. The third-order valence-electron chi connectivity index (χ3n) is 3.39. The Labute approximate surface area is 172 Å². The summed E-state index contributed by atoms with van der Waals surface area (Å²) < 4.78 is 3.89. The summed E-state index contributed by atoms with van der Waals surface area (Å²) >= 11 is 0. The first kappa shape index (κ1) is 22.7. The van der Waals surface area contributed by atoms with E-state index < -0.39 is 6.09 Å². The maximum Gasteiger partial charge on any atom is 2.00 e. The predicted octanol–water partition coefficient (Wildman–Crippen LogP) is 2.33. The van der Waals surface area contributed by atoms with Gasteiger partial charge in [0.1, 0.15) is 0 Å². The van der Waals surface area contributed by atoms with Gasteiger partial charge in [0.25, 0.3) is 0 Å². The number of pyridine rings is 2. The number of rotatable bonds is 0. The van der Waals surface area contributed by atoms with Gasteiger partial charge in [-0.1, -0.05) is 60.0 Å². The summed E-state index contributed by atoms with van der Waals surface area (Å²) in [5.41, 5.74) is 5.53. The number of para-hydroxylation sites is 2. The quantitative estimate of drug-likeness (QED) is 0.430. The summed E-state index contributed by atoms with van der Waals surface area (Å²) in [5, 5.41) is 24.0. The average molecular weight is 427 g/mol. The zero-order chi connectivity index (χ0) is 19.6. The first-order valence-corrected chi connectivity index (χ1v) is 7.88. The molecule has 0 saturated heterocycles. The second-order valence-electron chi connectivity index (χ2n) is 5.19. The molecule has 0 fully saturated rings. The van der Waals surface area contributed by atoms with E-state index in [-0.39, 0.29) is 28.6 Å². The van der Waals surface area contributed by atoms with Crippen LogP contribution in [0, 0.1) is 0 Å². The van der Waals surface area contributed by atoms with Crippen molar-refractivity contribution in [3.8, 4) is 11.5 Å². The van der Waals surface area contributed by atoms with E-state index >= 15 is 0 Å². The van der Waals surface area contributed by atoms with Crippen LogP contribution in [0.1, 0.15) is 0 Å². The van der Waals surface area contributed by atoms with E-state index in [1.165, 1.54) is 19.2 Å². The van der Waals surface area contributed by atoms with Crippen LogP contribution in [0.2, 0.25) is 0 Å². The van der Waals surface area contributed by atoms with Crippen molar-refractivity contribution in [3.63, 3.8) is 0 Å². The minimum absolute atomic E-state index is 0. The molecule has 28 heavy (non-hydrogen) atoms. The van der Waals surface area contributed by atoms with Crippen molar-refractivity contribution >= 4 is 27.9 Å². The van der Waals surface area contributed by atoms with E-state index in [4.69, 9.17) is 0 Å². The van der Waals surface area contributed by atoms with E-state index in [0.717, 1.165) is 10.8 Å². The molecule has 4 aromatic rings. The fourth-order valence-corrected chi connectivity index (χ4v) is 2.15. The minimum Gasteiger partial charge on any atom is -0.871 e. The summed E-state index contributed by atoms with van der Waals surface area (Å²) in [6.07, 6.45) is 2.51. The molecule has 0 spiro atoms. The number of primary amides is 1. The number of methoxy groups -OCH3 is 1. The number of nitrogens with zero attached hydrogens (tertiary/aromatic N) is 2. The van der Waals surface area contributed by atoms with Gasteiger partial charge in [-0.25, -0.2) is 4.79 Å². The molecule has 8 heteroatoms. The van der Waals surface area contributed by atoms with Crippen LogP contribution in [0.15, 0.2) is 73.1 Å². The van der Waals surface area contributed by atoms with Gasteiger partial charge < -0.3 is 20.7 Å². The largest absolute Gasteiger partial charge is 2.00 e. The smallest absolute Gasteiger partial charge is 0.871 e. The molecular weight excluding hydrogens is 410 g/mol. The zero-order valence-electron chi connectivity index (χ0n) is 14.8. The number of fused-ring (bicyclic) bond motifs is 2. The number of benzene rings is 2. The third-order valence-corrected chi connectivity index (χ3v) is 3.39. The molecule has 7 nitrogen and oxygen atoms in total. The van der Waals surface area contributed by atoms with E-state index in [1.54, 1.807) is 24.5 Å². The first-order chi connectivity index (χ1) is 13.0. The van der Waals surface area contributed by atoms with Crippen molar-refractivity contribution in [1.82, 2.24) is 9.97 Å². The second kappa shape index (κ2) is 11.4. The van der Waals surface area contributed by atoms with Gasteiger partial charge in [0.2, 0.25) is 0 Å². The number of ether oxygens (including phenoxy) is 1. The number of nitrogens with two attached hydrogens (primary N) is 1. The van der Waals surface area contributed by atoms with Crippen LogP contribution in [-0.2, 0) is 21.8 Å². The van der Waals surface area contributed by atoms with Crippen LogP contribution in [0.3, 0.4) is 0 Å². The van der Waals surface area contributed by atoms with Crippen LogP contribution in [0.5, 0.6) is 11.5 Å². The number of hydrogen-bond donors (Lipinski definition) is 1. The second-order valence-corrected chi connectivity index (χ2v) is 5.19. The van der Waals surface area contributed by atoms with E-state index in [1.807, 2.05) is 36.4 Å². The SMILES string of the molecule is COC(N)=O.[Cu+2].[O-]c1cccc2cccnc12.[O-]c1cccc2cccnc12. The third kappa shape index (κ3) is 6.42. The molecule has 2 heterocycles. The Bertz CT molecular complexity index is 956. The molecule has 0 atom stereocenters. The maximum absolute atomic E-state index is 11.1.